The summed E-state index contributed by atoms with van der Waals surface area (Å²) in [6.45, 7) is 11.4. The second kappa shape index (κ2) is 14.6. The minimum atomic E-state index is -0.228. The van der Waals surface area contributed by atoms with Crippen LogP contribution in [0.3, 0.4) is 0 Å². The maximum Gasteiger partial charge on any atom is 0.237 e. The minimum absolute atomic E-state index is 0.166. The van der Waals surface area contributed by atoms with Gasteiger partial charge in [-0.15, -0.1) is 0 Å². The number of likely N-dealkylation sites (tertiary alicyclic amines) is 1. The van der Waals surface area contributed by atoms with Crippen molar-refractivity contribution in [3.63, 3.8) is 0 Å². The van der Waals surface area contributed by atoms with Crippen molar-refractivity contribution in [3.05, 3.63) is 90.3 Å². The van der Waals surface area contributed by atoms with Gasteiger partial charge in [0.2, 0.25) is 23.6 Å². The molecule has 3 aromatic carbocycles. The molecule has 5 aliphatic rings. The van der Waals surface area contributed by atoms with E-state index in [0.29, 0.717) is 36.7 Å². The first-order valence-electron chi connectivity index (χ1n) is 20.5. The molecular formula is C45H49N9O3. The van der Waals surface area contributed by atoms with Crippen LogP contribution in [0.5, 0.6) is 5.88 Å². The quantitative estimate of drug-likeness (QED) is 0.150. The molecule has 5 aliphatic heterocycles. The molecule has 2 amide bonds. The van der Waals surface area contributed by atoms with Crippen molar-refractivity contribution >= 4 is 51.4 Å². The molecule has 5 aromatic rings. The van der Waals surface area contributed by atoms with Crippen LogP contribution in [0.2, 0.25) is 0 Å². The Morgan fingerprint density at radius 2 is 1.67 bits per heavy atom. The Morgan fingerprint density at radius 3 is 2.47 bits per heavy atom. The summed E-state index contributed by atoms with van der Waals surface area (Å²) < 4.78 is 5.73. The first kappa shape index (κ1) is 35.6. The van der Waals surface area contributed by atoms with E-state index in [1.807, 2.05) is 12.4 Å². The monoisotopic (exact) mass is 763 g/mol. The first-order chi connectivity index (χ1) is 27.8. The van der Waals surface area contributed by atoms with Gasteiger partial charge in [-0.25, -0.2) is 15.0 Å². The number of anilines is 5. The zero-order valence-electron chi connectivity index (χ0n) is 32.5. The van der Waals surface area contributed by atoms with Crippen LogP contribution in [0.15, 0.2) is 79.1 Å². The molecule has 7 heterocycles. The van der Waals surface area contributed by atoms with Gasteiger partial charge in [0, 0.05) is 105 Å². The van der Waals surface area contributed by atoms with E-state index in [9.17, 15) is 9.59 Å². The van der Waals surface area contributed by atoms with Crippen molar-refractivity contribution < 1.29 is 14.3 Å². The lowest BCUT2D eigenvalue weighted by Crippen LogP contribution is -2.58. The van der Waals surface area contributed by atoms with Gasteiger partial charge in [0.15, 0.2) is 0 Å². The molecule has 1 atom stereocenters. The summed E-state index contributed by atoms with van der Waals surface area (Å²) in [5, 5.41) is 10.3. The molecule has 0 saturated carbocycles. The molecule has 0 aliphatic carbocycles. The van der Waals surface area contributed by atoms with Crippen LogP contribution < -0.4 is 30.5 Å². The van der Waals surface area contributed by atoms with E-state index in [1.54, 1.807) is 0 Å². The Bertz CT molecular complexity index is 2320. The lowest BCUT2D eigenvalue weighted by Gasteiger charge is -2.50. The van der Waals surface area contributed by atoms with Crippen LogP contribution in [0.4, 0.5) is 28.7 Å². The number of pyridine rings is 1. The van der Waals surface area contributed by atoms with E-state index in [1.165, 1.54) is 50.3 Å². The van der Waals surface area contributed by atoms with Crippen molar-refractivity contribution in [2.45, 2.75) is 44.9 Å². The van der Waals surface area contributed by atoms with Gasteiger partial charge in [0.1, 0.15) is 12.3 Å². The molecule has 10 rings (SSSR count). The van der Waals surface area contributed by atoms with E-state index in [0.717, 1.165) is 83.2 Å². The van der Waals surface area contributed by atoms with Gasteiger partial charge in [0.25, 0.3) is 0 Å². The smallest absolute Gasteiger partial charge is 0.237 e. The number of hydrogen-bond acceptors (Lipinski definition) is 11. The molecule has 12 heteroatoms. The molecule has 57 heavy (non-hydrogen) atoms. The first-order valence-corrected chi connectivity index (χ1v) is 20.5. The largest absolute Gasteiger partial charge is 0.474 e. The summed E-state index contributed by atoms with van der Waals surface area (Å²) in [4.78, 5) is 45.6. The van der Waals surface area contributed by atoms with E-state index in [4.69, 9.17) is 9.72 Å². The number of nitrogens with zero attached hydrogens (tertiary/aromatic N) is 6. The van der Waals surface area contributed by atoms with Crippen molar-refractivity contribution in [3.8, 4) is 17.0 Å². The molecule has 3 N–H and O–H groups in total. The molecule has 0 radical (unpaired) electrons. The SMILES string of the molecule is Cc1c(-c2ccc3cnc(Nc4ccc(N5CCC(CN6CC7(CCN(c8ccc(C9CCC(=O)NC9=O)cc8)C7)C6)CC5)cc4)nc3c2)cnc2c1NCCO2. The number of carbonyl (C=O) groups excluding carboxylic acids is 2. The maximum atomic E-state index is 12.3. The number of ether oxygens (including phenoxy) is 1. The Morgan fingerprint density at radius 1 is 0.877 bits per heavy atom. The summed E-state index contributed by atoms with van der Waals surface area (Å²) in [5.41, 5.74) is 9.93. The van der Waals surface area contributed by atoms with Gasteiger partial charge in [-0.2, -0.15) is 0 Å². The Labute approximate surface area is 333 Å². The second-order valence-corrected chi connectivity index (χ2v) is 16.8. The predicted octanol–water partition coefficient (Wildman–Crippen LogP) is 6.50. The second-order valence-electron chi connectivity index (χ2n) is 16.8. The fraction of sp³-hybridized carbons (Fsp3) is 0.400. The molecule has 292 valence electrons. The van der Waals surface area contributed by atoms with Crippen LogP contribution in [-0.2, 0) is 9.59 Å². The van der Waals surface area contributed by atoms with E-state index >= 15 is 0 Å². The van der Waals surface area contributed by atoms with E-state index < -0.39 is 0 Å². The average Bonchev–Trinajstić information content (AvgIpc) is 3.67. The van der Waals surface area contributed by atoms with Crippen LogP contribution in [0, 0.1) is 18.3 Å². The number of carbonyl (C=O) groups is 2. The fourth-order valence-electron chi connectivity index (χ4n) is 9.76. The lowest BCUT2D eigenvalue weighted by atomic mass is 9.78. The van der Waals surface area contributed by atoms with Crippen molar-refractivity contribution in [2.75, 3.05) is 79.4 Å². The van der Waals surface area contributed by atoms with E-state index in [2.05, 4.69) is 114 Å². The number of benzene rings is 3. The molecule has 2 aromatic heterocycles. The summed E-state index contributed by atoms with van der Waals surface area (Å²) in [7, 11) is 0. The zero-order valence-corrected chi connectivity index (χ0v) is 32.5. The van der Waals surface area contributed by atoms with Crippen molar-refractivity contribution in [1.29, 1.82) is 0 Å². The fourth-order valence-corrected chi connectivity index (χ4v) is 9.76. The molecule has 4 saturated heterocycles. The molecule has 1 spiro atoms. The van der Waals surface area contributed by atoms with Crippen molar-refractivity contribution in [1.82, 2.24) is 25.2 Å². The van der Waals surface area contributed by atoms with Crippen molar-refractivity contribution in [2.24, 2.45) is 11.3 Å². The van der Waals surface area contributed by atoms with E-state index in [-0.39, 0.29) is 17.7 Å². The highest BCUT2D eigenvalue weighted by Crippen LogP contribution is 2.42. The van der Waals surface area contributed by atoms with Gasteiger partial charge >= 0.3 is 0 Å². The molecule has 4 fully saturated rings. The number of imide groups is 1. The maximum absolute atomic E-state index is 12.3. The number of rotatable bonds is 8. The van der Waals surface area contributed by atoms with Gasteiger partial charge in [-0.1, -0.05) is 24.3 Å². The highest BCUT2D eigenvalue weighted by Gasteiger charge is 2.48. The molecule has 1 unspecified atom stereocenters. The van der Waals surface area contributed by atoms with Crippen LogP contribution in [0.1, 0.15) is 49.1 Å². The number of aromatic nitrogens is 3. The van der Waals surface area contributed by atoms with Crippen LogP contribution >= 0.6 is 0 Å². The molecule has 0 bridgehead atoms. The normalized spacial score (nSPS) is 20.8. The third kappa shape index (κ3) is 7.11. The minimum Gasteiger partial charge on any atom is -0.474 e. The highest BCUT2D eigenvalue weighted by atomic mass is 16.5. The summed E-state index contributed by atoms with van der Waals surface area (Å²) >= 11 is 0. The number of piperidine rings is 2. The molecular weight excluding hydrogens is 715 g/mol. The van der Waals surface area contributed by atoms with Crippen LogP contribution in [-0.4, -0.2) is 90.6 Å². The molecule has 12 nitrogen and oxygen atoms in total. The topological polar surface area (TPSA) is 128 Å². The highest BCUT2D eigenvalue weighted by molar-refractivity contribution is 6.01. The number of hydrogen-bond donors (Lipinski definition) is 3. The number of nitrogens with one attached hydrogen (secondary N) is 3. The summed E-state index contributed by atoms with van der Waals surface area (Å²) in [5.74, 6) is 1.41. The Hall–Kier alpha value is -5.75. The Kier molecular flexibility index (Phi) is 9.16. The summed E-state index contributed by atoms with van der Waals surface area (Å²) in [6, 6.07) is 23.4. The predicted molar refractivity (Wildman–Crippen MR) is 223 cm³/mol. The lowest BCUT2D eigenvalue weighted by molar-refractivity contribution is -0.134. The van der Waals surface area contributed by atoms with Crippen LogP contribution in [0.25, 0.3) is 22.0 Å². The third-order valence-electron chi connectivity index (χ3n) is 12.9. The Balaban J connectivity index is 0.695. The zero-order chi connectivity index (χ0) is 38.5. The van der Waals surface area contributed by atoms with Gasteiger partial charge in [-0.3, -0.25) is 14.9 Å². The standard InChI is InChI=1S/C45H49N9O3/c1-29-38(24-47-43-41(29)46-17-21-57-43)32-2-3-33-23-48-44(50-39(33)22-32)49-34-6-10-35(11-7-34)53-18-14-30(15-19-53)25-52-26-45(27-52)16-20-54(28-45)36-8-4-31(5-9-36)37-12-13-40(55)51-42(37)56/h2-11,22-24,30,37,46H,12-21,25-28H2,1H3,(H,48,49,50)(H,51,55,56). The number of fused-ring (bicyclic) bond motifs is 2. The third-order valence-corrected chi connectivity index (χ3v) is 12.9. The summed E-state index contributed by atoms with van der Waals surface area (Å²) in [6.07, 6.45) is 8.42. The van der Waals surface area contributed by atoms with Gasteiger partial charge < -0.3 is 30.1 Å². The average molecular weight is 764 g/mol. The number of amides is 2. The van der Waals surface area contributed by atoms with Gasteiger partial charge in [-0.05, 0) is 97.7 Å². The van der Waals surface area contributed by atoms with Gasteiger partial charge in [0.05, 0.1) is 11.4 Å².